The third-order valence-electron chi connectivity index (χ3n) is 11.3. The number of Topliss-reactive ketones (excluding diaryl/α,β-unsaturated/α-hetero) is 1. The van der Waals surface area contributed by atoms with Crippen LogP contribution in [0.25, 0.3) is 0 Å². The van der Waals surface area contributed by atoms with Gasteiger partial charge in [0.1, 0.15) is 36.1 Å². The normalized spacial score (nSPS) is 21.3. The highest BCUT2D eigenvalue weighted by molar-refractivity contribution is 6.06. The minimum Gasteiger partial charge on any atom is -0.479 e. The number of aromatic nitrogens is 1. The van der Waals surface area contributed by atoms with E-state index in [-0.39, 0.29) is 62.7 Å². The van der Waals surface area contributed by atoms with Gasteiger partial charge in [0.2, 0.25) is 35.6 Å². The van der Waals surface area contributed by atoms with Gasteiger partial charge in [-0.1, -0.05) is 51.1 Å². The zero-order chi connectivity index (χ0) is 41.6. The number of carbonyl (C=O) groups excluding carboxylic acids is 7. The number of carboxylic acid groups (broad SMARTS) is 1. The van der Waals surface area contributed by atoms with Crippen LogP contribution >= 0.6 is 0 Å². The second-order valence-corrected chi connectivity index (χ2v) is 15.6. The maximum atomic E-state index is 14.3. The van der Waals surface area contributed by atoms with Crippen LogP contribution in [0.4, 0.5) is 0 Å². The van der Waals surface area contributed by atoms with Crippen molar-refractivity contribution in [2.24, 2.45) is 11.8 Å². The molecule has 18 heteroatoms. The first kappa shape index (κ1) is 44.8. The molecule has 3 fully saturated rings. The molecule has 0 unspecified atom stereocenters. The highest BCUT2D eigenvalue weighted by Gasteiger charge is 2.44. The number of carboxylic acids is 1. The average Bonchev–Trinajstić information content (AvgIpc) is 3.93. The average molecular weight is 802 g/mol. The fourth-order valence-electron chi connectivity index (χ4n) is 8.05. The predicted octanol–water partition coefficient (Wildman–Crippen LogP) is 1.06. The Hall–Kier alpha value is -4.87. The Bertz CT molecular complexity index is 1580. The lowest BCUT2D eigenvalue weighted by Crippen LogP contribution is -2.62. The number of nitrogens with zero attached hydrogens (tertiary/aromatic N) is 3. The van der Waals surface area contributed by atoms with Gasteiger partial charge in [0.15, 0.2) is 5.78 Å². The van der Waals surface area contributed by atoms with Crippen LogP contribution in [-0.4, -0.2) is 128 Å². The first-order valence-electron chi connectivity index (χ1n) is 20.4. The Balaban J connectivity index is 1.47. The molecular formula is C39H59N7O11. The zero-order valence-corrected chi connectivity index (χ0v) is 33.2. The third-order valence-corrected chi connectivity index (χ3v) is 11.3. The van der Waals surface area contributed by atoms with Gasteiger partial charge >= 0.3 is 5.97 Å². The molecule has 0 radical (unpaired) electrons. The van der Waals surface area contributed by atoms with Crippen LogP contribution in [-0.2, 0) is 33.6 Å². The van der Waals surface area contributed by atoms with E-state index in [0.29, 0.717) is 38.1 Å². The molecule has 1 aromatic heterocycles. The largest absolute Gasteiger partial charge is 0.479 e. The van der Waals surface area contributed by atoms with Gasteiger partial charge in [0.25, 0.3) is 5.91 Å². The van der Waals surface area contributed by atoms with Gasteiger partial charge in [-0.3, -0.25) is 33.6 Å². The standard InChI is InChI=1S/C39H59N7O11/c1-4-18-40-36(52)32(24(3)47)42-34(50)29-14-10-20-46(29)38(54)33(39(55)56)43-35(51)28-13-8-9-19-45(28)37(53)27(15-16-30(48)26-17-21-57-44-26)41-31(49)22-23(2)25-11-6-5-7-12-25/h17,21,23-25,27-29,32-33,47H,4-16,18-20,22H2,1-3H3,(H,40,52)(H,41,49)(H,42,50)(H,43,51)(H,55,56)/t23-,24+,27-,28-,29-,32-,33+/m0/s1. The highest BCUT2D eigenvalue weighted by atomic mass is 16.5. The third kappa shape index (κ3) is 12.3. The number of likely N-dealkylation sites (tertiary alicyclic amines) is 2. The summed E-state index contributed by atoms with van der Waals surface area (Å²) in [5.41, 5.74) is 0.0658. The molecule has 1 aromatic rings. The number of hydrogen-bond acceptors (Lipinski definition) is 11. The molecule has 6 N–H and O–H groups in total. The van der Waals surface area contributed by atoms with Crippen LogP contribution in [0.2, 0.25) is 0 Å². The van der Waals surface area contributed by atoms with E-state index in [0.717, 1.165) is 30.6 Å². The van der Waals surface area contributed by atoms with Gasteiger partial charge in [-0.25, -0.2) is 4.79 Å². The van der Waals surface area contributed by atoms with Crippen LogP contribution in [0.3, 0.4) is 0 Å². The van der Waals surface area contributed by atoms with E-state index in [2.05, 4.69) is 26.4 Å². The summed E-state index contributed by atoms with van der Waals surface area (Å²) in [6.45, 7) is 5.60. The monoisotopic (exact) mass is 801 g/mol. The van der Waals surface area contributed by atoms with Crippen LogP contribution in [0.15, 0.2) is 16.9 Å². The molecule has 3 heterocycles. The highest BCUT2D eigenvalue weighted by Crippen LogP contribution is 2.31. The summed E-state index contributed by atoms with van der Waals surface area (Å²) in [4.78, 5) is 109. The SMILES string of the molecule is CCCNC(=O)[C@@H](NC(=O)[C@@H]1CCCN1C(=O)[C@@H](NC(=O)[C@@H]1CCCCN1C(=O)[C@H](CCC(=O)c1ccon1)NC(=O)C[C@H](C)C1CCCCC1)C(=O)O)[C@@H](C)O. The van der Waals surface area contributed by atoms with E-state index in [4.69, 9.17) is 4.52 Å². The zero-order valence-electron chi connectivity index (χ0n) is 33.2. The molecule has 4 rings (SSSR count). The summed E-state index contributed by atoms with van der Waals surface area (Å²) in [5.74, 6) is -5.95. The second-order valence-electron chi connectivity index (χ2n) is 15.6. The Kier molecular flexibility index (Phi) is 17.0. The molecule has 2 aliphatic heterocycles. The van der Waals surface area contributed by atoms with E-state index >= 15 is 0 Å². The maximum Gasteiger partial charge on any atom is 0.336 e. The van der Waals surface area contributed by atoms with E-state index in [1.165, 1.54) is 30.6 Å². The Morgan fingerprint density at radius 3 is 2.11 bits per heavy atom. The van der Waals surface area contributed by atoms with Gasteiger partial charge in [-0.2, -0.15) is 0 Å². The van der Waals surface area contributed by atoms with E-state index in [1.807, 2.05) is 13.8 Å². The van der Waals surface area contributed by atoms with Gasteiger partial charge < -0.3 is 45.8 Å². The van der Waals surface area contributed by atoms with Gasteiger partial charge in [-0.15, -0.1) is 0 Å². The van der Waals surface area contributed by atoms with Gasteiger partial charge in [0, 0.05) is 38.5 Å². The number of aliphatic hydroxyl groups excluding tert-OH is 1. The van der Waals surface area contributed by atoms with Crippen molar-refractivity contribution in [3.05, 3.63) is 18.0 Å². The first-order valence-corrected chi connectivity index (χ1v) is 20.4. The van der Waals surface area contributed by atoms with Gasteiger partial charge in [-0.05, 0) is 63.7 Å². The molecule has 18 nitrogen and oxygen atoms in total. The Labute approximate surface area is 332 Å². The summed E-state index contributed by atoms with van der Waals surface area (Å²) in [5, 5.41) is 34.2. The number of rotatable bonds is 19. The van der Waals surface area contributed by atoms with Crippen LogP contribution < -0.4 is 21.3 Å². The molecule has 3 aliphatic rings. The summed E-state index contributed by atoms with van der Waals surface area (Å²) in [7, 11) is 0. The molecule has 0 bridgehead atoms. The number of aliphatic carboxylic acids is 1. The minimum atomic E-state index is -2.11. The molecular weight excluding hydrogens is 742 g/mol. The van der Waals surface area contributed by atoms with Crippen molar-refractivity contribution >= 4 is 47.2 Å². The van der Waals surface area contributed by atoms with Crippen LogP contribution in [0.1, 0.15) is 121 Å². The molecule has 0 aromatic carbocycles. The smallest absolute Gasteiger partial charge is 0.336 e. The lowest BCUT2D eigenvalue weighted by molar-refractivity contribution is -0.153. The topological polar surface area (TPSA) is 258 Å². The van der Waals surface area contributed by atoms with E-state index < -0.39 is 77.6 Å². The lowest BCUT2D eigenvalue weighted by Gasteiger charge is -2.38. The van der Waals surface area contributed by atoms with Gasteiger partial charge in [0.05, 0.1) is 6.10 Å². The molecule has 316 valence electrons. The fourth-order valence-corrected chi connectivity index (χ4v) is 8.05. The molecule has 2 saturated heterocycles. The Morgan fingerprint density at radius 1 is 0.842 bits per heavy atom. The van der Waals surface area contributed by atoms with Crippen molar-refractivity contribution in [2.75, 3.05) is 19.6 Å². The number of amides is 6. The Morgan fingerprint density at radius 2 is 1.47 bits per heavy atom. The van der Waals surface area contributed by atoms with Crippen molar-refractivity contribution in [3.63, 3.8) is 0 Å². The number of aliphatic hydroxyl groups is 1. The maximum absolute atomic E-state index is 14.3. The van der Waals surface area contributed by atoms with Crippen molar-refractivity contribution < 1.29 is 53.1 Å². The number of carbonyl (C=O) groups is 8. The van der Waals surface area contributed by atoms with E-state index in [1.54, 1.807) is 0 Å². The summed E-state index contributed by atoms with van der Waals surface area (Å²) >= 11 is 0. The quantitative estimate of drug-likeness (QED) is 0.0849. The van der Waals surface area contributed by atoms with Crippen molar-refractivity contribution in [3.8, 4) is 0 Å². The number of hydrogen-bond donors (Lipinski definition) is 6. The van der Waals surface area contributed by atoms with Crippen molar-refractivity contribution in [2.45, 2.75) is 147 Å². The predicted molar refractivity (Wildman–Crippen MR) is 203 cm³/mol. The second kappa shape index (κ2) is 21.6. The number of nitrogens with one attached hydrogen (secondary N) is 4. The van der Waals surface area contributed by atoms with E-state index in [9.17, 15) is 48.6 Å². The molecule has 1 aliphatic carbocycles. The molecule has 7 atom stereocenters. The summed E-state index contributed by atoms with van der Waals surface area (Å²) in [6, 6.07) is -5.59. The number of piperidine rings is 1. The lowest BCUT2D eigenvalue weighted by atomic mass is 9.79. The first-order chi connectivity index (χ1) is 27.2. The minimum absolute atomic E-state index is 0.000211. The van der Waals surface area contributed by atoms with Crippen molar-refractivity contribution in [1.82, 2.24) is 36.2 Å². The van der Waals surface area contributed by atoms with Crippen molar-refractivity contribution in [1.29, 1.82) is 0 Å². The summed E-state index contributed by atoms with van der Waals surface area (Å²) in [6.07, 6.45) is 7.61. The molecule has 6 amide bonds. The van der Waals surface area contributed by atoms with Crippen LogP contribution in [0, 0.1) is 11.8 Å². The summed E-state index contributed by atoms with van der Waals surface area (Å²) < 4.78 is 4.78. The fraction of sp³-hybridized carbons (Fsp3) is 0.718. The molecule has 1 saturated carbocycles. The molecule has 0 spiro atoms. The van der Waals surface area contributed by atoms with Crippen LogP contribution in [0.5, 0.6) is 0 Å². The molecule has 57 heavy (non-hydrogen) atoms. The number of ketones is 1.